The summed E-state index contributed by atoms with van der Waals surface area (Å²) in [6.45, 7) is 1.24. The Morgan fingerprint density at radius 3 is 1.64 bits per heavy atom. The second kappa shape index (κ2) is 37.4. The van der Waals surface area contributed by atoms with Crippen LogP contribution >= 0.6 is 0 Å². The Morgan fingerprint density at radius 2 is 0.888 bits per heavy atom. The van der Waals surface area contributed by atoms with Gasteiger partial charge in [0.15, 0.2) is 16.9 Å². The predicted octanol–water partition coefficient (Wildman–Crippen LogP) is 14.8. The van der Waals surface area contributed by atoms with Crippen molar-refractivity contribution in [3.05, 3.63) is 399 Å². The van der Waals surface area contributed by atoms with Crippen molar-refractivity contribution >= 4 is 72.1 Å². The SMILES string of the molecule is c1cc2n(c1)CCC2.c1cc2nc[nH]c2cn1.c1cc2nccn2cn1.c1ccc2c[nH]cc2c1.c1ccn2cccc2c1.c1ccn2ccnc2c1.c1ccn2cncc2c1.c1ccn2cnnc2c1.c1ccn2nccc2c1.c1ccn2ncnc2c1.c1cn2ccnc2cn1.c1cnn2cccc2c1. The first-order chi connectivity index (χ1) is 53.1. The van der Waals surface area contributed by atoms with Crippen LogP contribution in [0.4, 0.5) is 0 Å². The molecule has 2 N–H and O–H groups in total. The van der Waals surface area contributed by atoms with Gasteiger partial charge in [0.1, 0.15) is 30.3 Å². The van der Waals surface area contributed by atoms with Crippen LogP contribution in [0.2, 0.25) is 0 Å². The first-order valence-electron chi connectivity index (χ1n) is 34.0. The van der Waals surface area contributed by atoms with E-state index in [0.717, 1.165) is 55.8 Å². The number of aryl methyl sites for hydroxylation is 2. The lowest BCUT2D eigenvalue weighted by molar-refractivity contribution is 0.750. The maximum Gasteiger partial charge on any atom is 0.160 e. The average molecular weight is 1410 g/mol. The minimum Gasteiger partial charge on any atom is -0.366 e. The standard InChI is InChI=1S/2C8H7N.4C7H6N2.C7H9N.5C6H5N3/c1-2-6-9-7-3-5-8(9)4-1;1-2-4-8-6-9-5-7(8)3-1;1-3-7-4-2-6-9(7)8-5-1;1-2-6-9-7(3-1)4-5-8-9;1-2-5-9-6-4-8-7(9)3-1;1-2-4-9-6-8-5-7(9)3-1;1-3-7-4-2-6-8(7)5-1;1-3-9-4-2-8-6(9)5-7-1;1-2-7-3-6-5(1)8-4-9-6;1-2-7-5-9-4-3-8-6(1)9;1-2-4-9-5-7-8-6(9)3-1;1-2-4-9-6(3-1)7-5-8-9/h1-7H;1-6,9H;4*1-6H;1,3,5H,2,4,6H2;1-5H;1-4H,(H,8,9);3*1-5H. The normalized spacial score (nSPS) is 10.7. The van der Waals surface area contributed by atoms with E-state index in [1.807, 2.05) is 288 Å². The van der Waals surface area contributed by atoms with E-state index in [9.17, 15) is 0 Å². The lowest BCUT2D eigenvalue weighted by atomic mass is 10.2. The maximum atomic E-state index is 4.08. The van der Waals surface area contributed by atoms with Gasteiger partial charge in [-0.05, 0) is 163 Å². The van der Waals surface area contributed by atoms with Gasteiger partial charge in [0.25, 0.3) is 0 Å². The summed E-state index contributed by atoms with van der Waals surface area (Å²) in [5.74, 6) is 0. The Bertz CT molecular complexity index is 4770. The van der Waals surface area contributed by atoms with Crippen LogP contribution in [0.5, 0.6) is 0 Å². The number of fused-ring (bicyclic) bond motifs is 12. The first kappa shape index (κ1) is 70.1. The summed E-state index contributed by atoms with van der Waals surface area (Å²) < 4.78 is 19.4. The van der Waals surface area contributed by atoms with Crippen LogP contribution in [0.15, 0.2) is 393 Å². The molecule has 0 saturated heterocycles. The highest BCUT2D eigenvalue weighted by Crippen LogP contribution is 2.14. The van der Waals surface area contributed by atoms with Crippen molar-refractivity contribution in [1.82, 2.24) is 125 Å². The van der Waals surface area contributed by atoms with Crippen LogP contribution in [-0.4, -0.2) is 125 Å². The summed E-state index contributed by atoms with van der Waals surface area (Å²) in [4.78, 5) is 41.8. The molecule has 0 bridgehead atoms. The van der Waals surface area contributed by atoms with Crippen molar-refractivity contribution in [3.8, 4) is 0 Å². The van der Waals surface area contributed by atoms with E-state index in [1.165, 1.54) is 47.7 Å². The summed E-state index contributed by atoms with van der Waals surface area (Å²) in [6.07, 6.45) is 59.7. The van der Waals surface area contributed by atoms with Gasteiger partial charge in [-0.2, -0.15) is 15.3 Å². The van der Waals surface area contributed by atoms with Gasteiger partial charge in [0, 0.05) is 160 Å². The zero-order chi connectivity index (χ0) is 72.5. The van der Waals surface area contributed by atoms with Gasteiger partial charge in [0.05, 0.1) is 58.8 Å². The van der Waals surface area contributed by atoms with Gasteiger partial charge in [0.2, 0.25) is 0 Å². The second-order valence-electron chi connectivity index (χ2n) is 22.9. The zero-order valence-electron chi connectivity index (χ0n) is 57.8. The third-order valence-electron chi connectivity index (χ3n) is 15.9. The predicted molar refractivity (Wildman–Crippen MR) is 415 cm³/mol. The molecule has 0 saturated carbocycles. The number of benzene rings is 1. The topological polar surface area (TPSA) is 257 Å². The summed E-state index contributed by atoms with van der Waals surface area (Å²) in [6, 6.07) is 65.9. The van der Waals surface area contributed by atoms with Crippen LogP contribution in [0.25, 0.3) is 72.1 Å². The number of pyridine rings is 7. The van der Waals surface area contributed by atoms with E-state index < -0.39 is 0 Å². The minimum atomic E-state index is 0.887. The minimum absolute atomic E-state index is 0.887. The first-order valence-corrected chi connectivity index (χ1v) is 34.0. The molecule has 107 heavy (non-hydrogen) atoms. The smallest absolute Gasteiger partial charge is 0.160 e. The zero-order valence-corrected chi connectivity index (χ0v) is 57.8. The maximum absolute atomic E-state index is 4.08. The molecule has 0 spiro atoms. The number of nitrogens with zero attached hydrogens (tertiary/aromatic N) is 24. The molecule has 1 aliphatic rings. The van der Waals surface area contributed by atoms with Crippen molar-refractivity contribution in [2.75, 3.05) is 0 Å². The quantitative estimate of drug-likeness (QED) is 0.143. The van der Waals surface area contributed by atoms with Gasteiger partial charge in [-0.15, -0.1) is 10.2 Å². The van der Waals surface area contributed by atoms with E-state index in [2.05, 4.69) is 132 Å². The molecule has 0 fully saturated rings. The largest absolute Gasteiger partial charge is 0.366 e. The lowest BCUT2D eigenvalue weighted by Gasteiger charge is -1.90. The highest BCUT2D eigenvalue weighted by Gasteiger charge is 2.06. The molecule has 0 radical (unpaired) electrons. The van der Waals surface area contributed by atoms with Gasteiger partial charge >= 0.3 is 0 Å². The molecule has 26 heteroatoms. The van der Waals surface area contributed by atoms with Crippen molar-refractivity contribution < 1.29 is 0 Å². The summed E-state index contributed by atoms with van der Waals surface area (Å²) >= 11 is 0. The van der Waals surface area contributed by atoms with Gasteiger partial charge in [-0.25, -0.2) is 48.4 Å². The van der Waals surface area contributed by atoms with Gasteiger partial charge in [-0.3, -0.25) is 18.8 Å². The molecule has 23 aromatic rings. The number of hydrogen-bond acceptors (Lipinski definition) is 14. The molecule has 0 aliphatic carbocycles. The van der Waals surface area contributed by atoms with Crippen LogP contribution in [0.1, 0.15) is 12.1 Å². The fourth-order valence-electron chi connectivity index (χ4n) is 10.6. The molecule has 526 valence electrons. The highest BCUT2D eigenvalue weighted by atomic mass is 15.3. The molecule has 0 atom stereocenters. The Labute approximate surface area is 611 Å². The van der Waals surface area contributed by atoms with Gasteiger partial charge in [-0.1, -0.05) is 60.7 Å². The van der Waals surface area contributed by atoms with Crippen LogP contribution in [-0.2, 0) is 13.0 Å². The molecular weight excluding hydrogens is 1340 g/mol. The number of aromatic nitrogens is 26. The average Bonchev–Trinajstić information content (AvgIpc) is 1.74. The van der Waals surface area contributed by atoms with Crippen LogP contribution < -0.4 is 0 Å². The Balaban J connectivity index is 0.000000103. The summed E-state index contributed by atoms with van der Waals surface area (Å²) in [5.41, 5.74) is 12.7. The third-order valence-corrected chi connectivity index (χ3v) is 15.9. The lowest BCUT2D eigenvalue weighted by Crippen LogP contribution is -1.86. The number of aromatic amines is 2. The van der Waals surface area contributed by atoms with E-state index in [-0.39, 0.29) is 0 Å². The Kier molecular flexibility index (Phi) is 24.5. The van der Waals surface area contributed by atoms with Crippen LogP contribution in [0.3, 0.4) is 0 Å². The third kappa shape index (κ3) is 20.2. The van der Waals surface area contributed by atoms with Crippen molar-refractivity contribution in [2.45, 2.75) is 19.4 Å². The molecule has 1 aliphatic heterocycles. The molecule has 0 amide bonds. The number of nitrogens with one attached hydrogen (secondary N) is 2. The van der Waals surface area contributed by atoms with E-state index in [0.29, 0.717) is 0 Å². The highest BCUT2D eigenvalue weighted by molar-refractivity contribution is 5.81. The van der Waals surface area contributed by atoms with Crippen LogP contribution in [0, 0.1) is 0 Å². The second-order valence-corrected chi connectivity index (χ2v) is 22.9. The Hall–Kier alpha value is -15.3. The molecule has 22 aromatic heterocycles. The monoisotopic (exact) mass is 1410 g/mol. The van der Waals surface area contributed by atoms with Crippen molar-refractivity contribution in [2.24, 2.45) is 0 Å². The van der Waals surface area contributed by atoms with Gasteiger partial charge < -0.3 is 32.1 Å². The summed E-state index contributed by atoms with van der Waals surface area (Å²) in [7, 11) is 0. The molecule has 23 heterocycles. The molecule has 26 nitrogen and oxygen atoms in total. The molecule has 24 rings (SSSR count). The molecule has 0 unspecified atom stereocenters. The molecule has 1 aromatic carbocycles. The van der Waals surface area contributed by atoms with Crippen molar-refractivity contribution in [3.63, 3.8) is 0 Å². The fourth-order valence-corrected chi connectivity index (χ4v) is 10.6. The van der Waals surface area contributed by atoms with E-state index in [1.54, 1.807) is 91.8 Å². The van der Waals surface area contributed by atoms with E-state index in [4.69, 9.17) is 0 Å². The van der Waals surface area contributed by atoms with Crippen molar-refractivity contribution in [1.29, 1.82) is 0 Å². The molecular formula is C81H72N26. The van der Waals surface area contributed by atoms with E-state index >= 15 is 0 Å². The number of H-pyrrole nitrogens is 2. The number of hydrogen-bond donors (Lipinski definition) is 2. The Morgan fingerprint density at radius 1 is 0.318 bits per heavy atom. The number of rotatable bonds is 0. The number of imidazole rings is 5. The summed E-state index contributed by atoms with van der Waals surface area (Å²) in [5, 5.41) is 22.1. The fraction of sp³-hybridized carbons (Fsp3) is 0.0370.